The minimum Gasteiger partial charge on any atom is -0.508 e. The number of phenols is 3. The Morgan fingerprint density at radius 3 is 1.79 bits per heavy atom. The Bertz CT molecular complexity index is 1040. The lowest BCUT2D eigenvalue weighted by molar-refractivity contribution is 0.474. The zero-order chi connectivity index (χ0) is 19.7. The average molecular weight is 374 g/mol. The number of nitrogens with two attached hydrogens (primary N) is 1. The SMILES string of the molecule is NC1=NC(c2ccc(O)cc2)=NC(c2ccc(O)cc2)N1c1ccc(O)cc1. The minimum absolute atomic E-state index is 0.144. The van der Waals surface area contributed by atoms with Crippen molar-refractivity contribution in [1.82, 2.24) is 0 Å². The molecule has 28 heavy (non-hydrogen) atoms. The van der Waals surface area contributed by atoms with E-state index in [1.807, 2.05) is 0 Å². The molecular weight excluding hydrogens is 356 g/mol. The molecule has 140 valence electrons. The Morgan fingerprint density at radius 1 is 0.714 bits per heavy atom. The second-order valence-corrected chi connectivity index (χ2v) is 6.32. The molecule has 0 aromatic heterocycles. The molecule has 7 heteroatoms. The molecular formula is C21H18N4O3. The molecule has 1 aliphatic rings. The first-order chi connectivity index (χ1) is 13.5. The van der Waals surface area contributed by atoms with E-state index in [2.05, 4.69) is 4.99 Å². The average Bonchev–Trinajstić information content (AvgIpc) is 2.69. The number of benzene rings is 3. The van der Waals surface area contributed by atoms with Gasteiger partial charge in [-0.1, -0.05) is 12.1 Å². The van der Waals surface area contributed by atoms with Crippen LogP contribution < -0.4 is 10.6 Å². The van der Waals surface area contributed by atoms with Gasteiger partial charge < -0.3 is 21.1 Å². The van der Waals surface area contributed by atoms with Crippen LogP contribution in [0.5, 0.6) is 17.2 Å². The number of aromatic hydroxyl groups is 3. The molecule has 0 amide bonds. The molecule has 0 fully saturated rings. The van der Waals surface area contributed by atoms with Crippen molar-refractivity contribution in [1.29, 1.82) is 0 Å². The molecule has 0 aliphatic carbocycles. The number of phenolic OH excluding ortho intramolecular Hbond substituents is 3. The molecule has 3 aromatic rings. The van der Waals surface area contributed by atoms with Crippen LogP contribution in [0.25, 0.3) is 0 Å². The quantitative estimate of drug-likeness (QED) is 0.562. The summed E-state index contributed by atoms with van der Waals surface area (Å²) in [4.78, 5) is 10.9. The first kappa shape index (κ1) is 17.4. The van der Waals surface area contributed by atoms with E-state index in [0.717, 1.165) is 11.1 Å². The van der Waals surface area contributed by atoms with Crippen LogP contribution in [-0.2, 0) is 0 Å². The summed E-state index contributed by atoms with van der Waals surface area (Å²) < 4.78 is 0. The first-order valence-corrected chi connectivity index (χ1v) is 8.60. The molecule has 4 rings (SSSR count). The molecule has 1 atom stereocenters. The predicted molar refractivity (Wildman–Crippen MR) is 108 cm³/mol. The molecule has 0 saturated carbocycles. The van der Waals surface area contributed by atoms with Crippen LogP contribution >= 0.6 is 0 Å². The van der Waals surface area contributed by atoms with Gasteiger partial charge in [-0.15, -0.1) is 0 Å². The first-order valence-electron chi connectivity index (χ1n) is 8.60. The molecule has 1 heterocycles. The van der Waals surface area contributed by atoms with E-state index < -0.39 is 6.17 Å². The Labute approximate surface area is 161 Å². The fourth-order valence-corrected chi connectivity index (χ4v) is 3.00. The molecule has 1 aliphatic heterocycles. The summed E-state index contributed by atoms with van der Waals surface area (Å²) in [6.45, 7) is 0. The summed E-state index contributed by atoms with van der Waals surface area (Å²) in [6, 6.07) is 19.8. The third-order valence-electron chi connectivity index (χ3n) is 4.40. The van der Waals surface area contributed by atoms with Gasteiger partial charge in [0.1, 0.15) is 17.2 Å². The van der Waals surface area contributed by atoms with Crippen LogP contribution in [0.3, 0.4) is 0 Å². The van der Waals surface area contributed by atoms with Gasteiger partial charge in [-0.3, -0.25) is 4.90 Å². The Morgan fingerprint density at radius 2 is 1.21 bits per heavy atom. The van der Waals surface area contributed by atoms with Crippen LogP contribution in [0, 0.1) is 0 Å². The molecule has 7 nitrogen and oxygen atoms in total. The number of rotatable bonds is 3. The fourth-order valence-electron chi connectivity index (χ4n) is 3.00. The van der Waals surface area contributed by atoms with Gasteiger partial charge in [0.05, 0.1) is 0 Å². The van der Waals surface area contributed by atoms with Gasteiger partial charge in [0, 0.05) is 11.3 Å². The van der Waals surface area contributed by atoms with E-state index in [4.69, 9.17) is 10.7 Å². The number of hydrogen-bond donors (Lipinski definition) is 4. The maximum atomic E-state index is 9.63. The number of anilines is 1. The molecule has 1 unspecified atom stereocenters. The Kier molecular flexibility index (Phi) is 4.33. The van der Waals surface area contributed by atoms with Gasteiger partial charge >= 0.3 is 0 Å². The van der Waals surface area contributed by atoms with Crippen LogP contribution in [0.4, 0.5) is 5.69 Å². The molecule has 0 spiro atoms. The highest BCUT2D eigenvalue weighted by molar-refractivity contribution is 6.11. The lowest BCUT2D eigenvalue weighted by Crippen LogP contribution is -2.43. The second kappa shape index (κ2) is 6.96. The van der Waals surface area contributed by atoms with Crippen LogP contribution in [-0.4, -0.2) is 27.1 Å². The molecule has 5 N–H and O–H groups in total. The summed E-state index contributed by atoms with van der Waals surface area (Å²) in [6.07, 6.45) is -0.522. The zero-order valence-electron chi connectivity index (χ0n) is 14.8. The van der Waals surface area contributed by atoms with Crippen LogP contribution in [0.2, 0.25) is 0 Å². The predicted octanol–water partition coefficient (Wildman–Crippen LogP) is 3.08. The Hall–Kier alpha value is -4.00. The van der Waals surface area contributed by atoms with E-state index in [1.54, 1.807) is 77.7 Å². The summed E-state index contributed by atoms with van der Waals surface area (Å²) >= 11 is 0. The number of hydrogen-bond acceptors (Lipinski definition) is 7. The van der Waals surface area contributed by atoms with Crippen LogP contribution in [0.1, 0.15) is 17.3 Å². The summed E-state index contributed by atoms with van der Waals surface area (Å²) in [7, 11) is 0. The summed E-state index contributed by atoms with van der Waals surface area (Å²) in [5.74, 6) is 1.12. The highest BCUT2D eigenvalue weighted by Gasteiger charge is 2.28. The second-order valence-electron chi connectivity index (χ2n) is 6.32. The summed E-state index contributed by atoms with van der Waals surface area (Å²) in [5.41, 5.74) is 8.53. The third kappa shape index (κ3) is 3.33. The van der Waals surface area contributed by atoms with E-state index in [-0.39, 0.29) is 23.2 Å². The van der Waals surface area contributed by atoms with E-state index in [0.29, 0.717) is 11.5 Å². The van der Waals surface area contributed by atoms with Crippen molar-refractivity contribution >= 4 is 17.5 Å². The van der Waals surface area contributed by atoms with Gasteiger partial charge in [0.2, 0.25) is 5.96 Å². The fraction of sp³-hybridized carbons (Fsp3) is 0.0476. The van der Waals surface area contributed by atoms with E-state index >= 15 is 0 Å². The molecule has 0 bridgehead atoms. The Balaban J connectivity index is 1.82. The van der Waals surface area contributed by atoms with Crippen molar-refractivity contribution in [2.45, 2.75) is 6.17 Å². The van der Waals surface area contributed by atoms with E-state index in [1.165, 1.54) is 0 Å². The smallest absolute Gasteiger partial charge is 0.204 e. The normalized spacial score (nSPS) is 16.4. The van der Waals surface area contributed by atoms with Crippen molar-refractivity contribution in [3.05, 3.63) is 83.9 Å². The molecule has 0 saturated heterocycles. The van der Waals surface area contributed by atoms with Crippen molar-refractivity contribution in [3.63, 3.8) is 0 Å². The van der Waals surface area contributed by atoms with Gasteiger partial charge in [0.25, 0.3) is 0 Å². The van der Waals surface area contributed by atoms with Crippen molar-refractivity contribution in [3.8, 4) is 17.2 Å². The van der Waals surface area contributed by atoms with Crippen LogP contribution in [0.15, 0.2) is 82.8 Å². The largest absolute Gasteiger partial charge is 0.508 e. The standard InChI is InChI=1S/C21H18N4O3/c22-21-24-19(13-1-7-16(26)8-2-13)23-20(14-3-9-17(27)10-4-14)25(21)15-5-11-18(28)12-6-15/h1-12,20,26-28H,(H2,22,23,24). The maximum Gasteiger partial charge on any atom is 0.204 e. The third-order valence-corrected chi connectivity index (χ3v) is 4.40. The zero-order valence-corrected chi connectivity index (χ0v) is 14.8. The molecule has 0 radical (unpaired) electrons. The number of amidine groups is 1. The highest BCUT2D eigenvalue weighted by atomic mass is 16.3. The summed E-state index contributed by atoms with van der Waals surface area (Å²) in [5, 5.41) is 28.7. The van der Waals surface area contributed by atoms with Gasteiger partial charge in [-0.2, -0.15) is 4.99 Å². The number of nitrogens with zero attached hydrogens (tertiary/aromatic N) is 3. The minimum atomic E-state index is -0.522. The number of guanidine groups is 1. The lowest BCUT2D eigenvalue weighted by Gasteiger charge is -2.33. The van der Waals surface area contributed by atoms with Crippen molar-refractivity contribution in [2.75, 3.05) is 4.90 Å². The highest BCUT2D eigenvalue weighted by Crippen LogP contribution is 2.33. The van der Waals surface area contributed by atoms with Gasteiger partial charge in [-0.25, -0.2) is 4.99 Å². The van der Waals surface area contributed by atoms with Gasteiger partial charge in [-0.05, 0) is 66.2 Å². The van der Waals surface area contributed by atoms with Gasteiger partial charge in [0.15, 0.2) is 12.0 Å². The van der Waals surface area contributed by atoms with E-state index in [9.17, 15) is 15.3 Å². The topological polar surface area (TPSA) is 115 Å². The maximum absolute atomic E-state index is 9.63. The number of aliphatic imine (C=N–C) groups is 2. The lowest BCUT2D eigenvalue weighted by atomic mass is 10.1. The van der Waals surface area contributed by atoms with Crippen molar-refractivity contribution in [2.24, 2.45) is 15.7 Å². The monoisotopic (exact) mass is 374 g/mol. The molecule has 3 aromatic carbocycles. The van der Waals surface area contributed by atoms with Crippen molar-refractivity contribution < 1.29 is 15.3 Å².